The fourth-order valence-electron chi connectivity index (χ4n) is 1.43. The molecule has 0 spiro atoms. The van der Waals surface area contributed by atoms with Crippen molar-refractivity contribution in [2.45, 2.75) is 6.73 Å². The Balaban J connectivity index is 2.44. The van der Waals surface area contributed by atoms with Crippen LogP contribution in [-0.2, 0) is 11.5 Å². The highest BCUT2D eigenvalue weighted by atomic mass is 16.5. The summed E-state index contributed by atoms with van der Waals surface area (Å²) in [6.07, 6.45) is 0. The van der Waals surface area contributed by atoms with Crippen molar-refractivity contribution in [1.29, 1.82) is 0 Å². The Labute approximate surface area is 93.1 Å². The third-order valence-corrected chi connectivity index (χ3v) is 2.19. The van der Waals surface area contributed by atoms with Gasteiger partial charge in [0.25, 0.3) is 5.56 Å². The number of rotatable bonds is 3. The minimum absolute atomic E-state index is 0.165. The van der Waals surface area contributed by atoms with E-state index >= 15 is 0 Å². The zero-order valence-corrected chi connectivity index (χ0v) is 8.96. The molecule has 0 fully saturated rings. The summed E-state index contributed by atoms with van der Waals surface area (Å²) in [6, 6.07) is 12.9. The van der Waals surface area contributed by atoms with Crippen molar-refractivity contribution in [3.63, 3.8) is 0 Å². The van der Waals surface area contributed by atoms with Crippen molar-refractivity contribution in [3.8, 4) is 11.3 Å². The van der Waals surface area contributed by atoms with Crippen LogP contribution in [0.3, 0.4) is 0 Å². The number of ether oxygens (including phenoxy) is 1. The van der Waals surface area contributed by atoms with Crippen LogP contribution in [0.1, 0.15) is 0 Å². The molecular weight excluding hydrogens is 204 g/mol. The first-order chi connectivity index (χ1) is 7.81. The second kappa shape index (κ2) is 4.72. The molecule has 4 heteroatoms. The molecule has 0 aliphatic carbocycles. The molecule has 16 heavy (non-hydrogen) atoms. The first-order valence-corrected chi connectivity index (χ1v) is 4.94. The van der Waals surface area contributed by atoms with E-state index in [9.17, 15) is 4.79 Å². The summed E-state index contributed by atoms with van der Waals surface area (Å²) >= 11 is 0. The molecule has 1 aromatic heterocycles. The van der Waals surface area contributed by atoms with E-state index < -0.39 is 0 Å². The van der Waals surface area contributed by atoms with Gasteiger partial charge in [-0.1, -0.05) is 30.3 Å². The lowest BCUT2D eigenvalue weighted by Gasteiger charge is -2.05. The van der Waals surface area contributed by atoms with Crippen LogP contribution in [0, 0.1) is 0 Å². The number of aromatic nitrogens is 2. The molecule has 0 saturated carbocycles. The first-order valence-electron chi connectivity index (χ1n) is 4.94. The van der Waals surface area contributed by atoms with Gasteiger partial charge in [0.15, 0.2) is 0 Å². The van der Waals surface area contributed by atoms with Crippen LogP contribution in [0.25, 0.3) is 11.3 Å². The molecule has 2 aromatic rings. The minimum Gasteiger partial charge on any atom is -0.362 e. The molecule has 1 heterocycles. The van der Waals surface area contributed by atoms with Gasteiger partial charge in [-0.15, -0.1) is 0 Å². The van der Waals surface area contributed by atoms with Gasteiger partial charge in [0.2, 0.25) is 0 Å². The van der Waals surface area contributed by atoms with Gasteiger partial charge < -0.3 is 4.74 Å². The summed E-state index contributed by atoms with van der Waals surface area (Å²) < 4.78 is 6.19. The van der Waals surface area contributed by atoms with Gasteiger partial charge in [0.05, 0.1) is 5.69 Å². The van der Waals surface area contributed by atoms with Gasteiger partial charge in [-0.05, 0) is 6.07 Å². The van der Waals surface area contributed by atoms with Crippen LogP contribution in [0.15, 0.2) is 47.3 Å². The van der Waals surface area contributed by atoms with Crippen LogP contribution in [0.4, 0.5) is 0 Å². The van der Waals surface area contributed by atoms with Gasteiger partial charge in [-0.2, -0.15) is 5.10 Å². The summed E-state index contributed by atoms with van der Waals surface area (Å²) in [7, 11) is 1.53. The molecule has 0 bridgehead atoms. The predicted octanol–water partition coefficient (Wildman–Crippen LogP) is 1.51. The lowest BCUT2D eigenvalue weighted by molar-refractivity contribution is 0.116. The van der Waals surface area contributed by atoms with Crippen LogP contribution in [0.5, 0.6) is 0 Å². The first kappa shape index (κ1) is 10.6. The lowest BCUT2D eigenvalue weighted by Crippen LogP contribution is -2.22. The van der Waals surface area contributed by atoms with Crippen LogP contribution >= 0.6 is 0 Å². The van der Waals surface area contributed by atoms with E-state index in [-0.39, 0.29) is 12.3 Å². The molecular formula is C12H12N2O2. The van der Waals surface area contributed by atoms with Crippen molar-refractivity contribution < 1.29 is 4.74 Å². The van der Waals surface area contributed by atoms with E-state index in [4.69, 9.17) is 4.74 Å². The maximum atomic E-state index is 11.4. The predicted molar refractivity (Wildman–Crippen MR) is 60.9 cm³/mol. The molecule has 0 amide bonds. The van der Waals surface area contributed by atoms with E-state index in [0.29, 0.717) is 0 Å². The third kappa shape index (κ3) is 2.17. The average molecular weight is 216 g/mol. The molecule has 82 valence electrons. The summed E-state index contributed by atoms with van der Waals surface area (Å²) in [6.45, 7) is 0.166. The minimum atomic E-state index is -0.165. The average Bonchev–Trinajstić information content (AvgIpc) is 2.33. The van der Waals surface area contributed by atoms with Gasteiger partial charge in [-0.3, -0.25) is 4.79 Å². The second-order valence-corrected chi connectivity index (χ2v) is 3.34. The molecule has 0 aliphatic rings. The smallest absolute Gasteiger partial charge is 0.268 e. The zero-order chi connectivity index (χ0) is 11.4. The molecule has 0 N–H and O–H groups in total. The van der Waals surface area contributed by atoms with E-state index in [0.717, 1.165) is 11.3 Å². The molecule has 4 nitrogen and oxygen atoms in total. The Hall–Kier alpha value is -1.94. The zero-order valence-electron chi connectivity index (χ0n) is 8.96. The summed E-state index contributed by atoms with van der Waals surface area (Å²) in [4.78, 5) is 11.4. The van der Waals surface area contributed by atoms with E-state index in [1.807, 2.05) is 30.3 Å². The Bertz CT molecular complexity index is 520. The maximum Gasteiger partial charge on any atom is 0.268 e. The van der Waals surface area contributed by atoms with Crippen LogP contribution in [0.2, 0.25) is 0 Å². The molecule has 1 aromatic carbocycles. The molecule has 0 aliphatic heterocycles. The number of benzene rings is 1. The topological polar surface area (TPSA) is 44.1 Å². The highest BCUT2D eigenvalue weighted by molar-refractivity contribution is 5.57. The largest absolute Gasteiger partial charge is 0.362 e. The monoisotopic (exact) mass is 216 g/mol. The Kier molecular flexibility index (Phi) is 3.12. The highest BCUT2D eigenvalue weighted by Crippen LogP contribution is 2.13. The van der Waals surface area contributed by atoms with Crippen molar-refractivity contribution in [3.05, 3.63) is 52.8 Å². The molecule has 0 atom stereocenters. The molecule has 2 rings (SSSR count). The van der Waals surface area contributed by atoms with Crippen LogP contribution in [-0.4, -0.2) is 16.9 Å². The maximum absolute atomic E-state index is 11.4. The number of nitrogens with zero attached hydrogens (tertiary/aromatic N) is 2. The summed E-state index contributed by atoms with van der Waals surface area (Å²) in [5.74, 6) is 0. The van der Waals surface area contributed by atoms with Gasteiger partial charge in [-0.25, -0.2) is 4.68 Å². The van der Waals surface area contributed by atoms with Crippen molar-refractivity contribution in [1.82, 2.24) is 9.78 Å². The quantitative estimate of drug-likeness (QED) is 0.781. The number of methoxy groups -OCH3 is 1. The van der Waals surface area contributed by atoms with E-state index in [1.54, 1.807) is 6.07 Å². The normalized spacial score (nSPS) is 10.3. The molecule has 0 saturated heterocycles. The standard InChI is InChI=1S/C12H12N2O2/c1-16-9-14-12(15)8-7-11(13-14)10-5-3-2-4-6-10/h2-8H,9H2,1H3. The Morgan fingerprint density at radius 3 is 2.62 bits per heavy atom. The molecule has 0 unspecified atom stereocenters. The highest BCUT2D eigenvalue weighted by Gasteiger charge is 2.01. The SMILES string of the molecule is COCn1nc(-c2ccccc2)ccc1=O. The van der Waals surface area contributed by atoms with E-state index in [2.05, 4.69) is 5.10 Å². The van der Waals surface area contributed by atoms with Gasteiger partial charge in [0.1, 0.15) is 6.73 Å². The lowest BCUT2D eigenvalue weighted by atomic mass is 10.1. The fourth-order valence-corrected chi connectivity index (χ4v) is 1.43. The van der Waals surface area contributed by atoms with E-state index in [1.165, 1.54) is 17.9 Å². The van der Waals surface area contributed by atoms with Crippen molar-refractivity contribution in [2.75, 3.05) is 7.11 Å². The number of hydrogen-bond donors (Lipinski definition) is 0. The van der Waals surface area contributed by atoms with Crippen molar-refractivity contribution in [2.24, 2.45) is 0 Å². The summed E-state index contributed by atoms with van der Waals surface area (Å²) in [5, 5.41) is 4.21. The third-order valence-electron chi connectivity index (χ3n) is 2.19. The molecule has 0 radical (unpaired) electrons. The second-order valence-electron chi connectivity index (χ2n) is 3.34. The van der Waals surface area contributed by atoms with Gasteiger partial charge >= 0.3 is 0 Å². The van der Waals surface area contributed by atoms with Crippen molar-refractivity contribution >= 4 is 0 Å². The number of hydrogen-bond acceptors (Lipinski definition) is 3. The Morgan fingerprint density at radius 2 is 1.94 bits per heavy atom. The summed E-state index contributed by atoms with van der Waals surface area (Å²) in [5.41, 5.74) is 1.58. The van der Waals surface area contributed by atoms with Gasteiger partial charge in [0, 0.05) is 18.7 Å². The van der Waals surface area contributed by atoms with Crippen LogP contribution < -0.4 is 5.56 Å². The Morgan fingerprint density at radius 1 is 1.19 bits per heavy atom. The fraction of sp³-hybridized carbons (Fsp3) is 0.167.